The first-order chi connectivity index (χ1) is 15.8. The lowest BCUT2D eigenvalue weighted by atomic mass is 10.0. The first-order valence-electron chi connectivity index (χ1n) is 10.4. The highest BCUT2D eigenvalue weighted by atomic mass is 19.4. The van der Waals surface area contributed by atoms with Gasteiger partial charge in [-0.25, -0.2) is 0 Å². The summed E-state index contributed by atoms with van der Waals surface area (Å²) in [4.78, 5) is 13.0. The second kappa shape index (κ2) is 10.3. The number of carbonyl (C=O) groups excluding carboxylic acids is 1. The van der Waals surface area contributed by atoms with Crippen LogP contribution in [0.4, 0.5) is 19.0 Å². The highest BCUT2D eigenvalue weighted by Gasteiger charge is 2.38. The van der Waals surface area contributed by atoms with E-state index in [1.54, 1.807) is 39.0 Å². The summed E-state index contributed by atoms with van der Waals surface area (Å²) in [7, 11) is 0. The number of nitrogens with zero attached hydrogens (tertiary/aromatic N) is 1. The fourth-order valence-electron chi connectivity index (χ4n) is 3.22. The molecule has 3 aromatic rings. The zero-order valence-corrected chi connectivity index (χ0v) is 18.4. The van der Waals surface area contributed by atoms with Crippen LogP contribution in [-0.2, 0) is 6.18 Å². The summed E-state index contributed by atoms with van der Waals surface area (Å²) >= 11 is 0. The van der Waals surface area contributed by atoms with Gasteiger partial charge in [0.25, 0.3) is 5.91 Å². The Kier molecular flexibility index (Phi) is 7.47. The van der Waals surface area contributed by atoms with Crippen LogP contribution in [0.2, 0.25) is 0 Å². The highest BCUT2D eigenvalue weighted by Crippen LogP contribution is 2.41. The van der Waals surface area contributed by atoms with Crippen molar-refractivity contribution in [1.29, 1.82) is 0 Å². The number of aromatic nitrogens is 2. The Bertz CT molecular complexity index is 1070. The van der Waals surface area contributed by atoms with E-state index in [2.05, 4.69) is 10.4 Å². The summed E-state index contributed by atoms with van der Waals surface area (Å²) in [6, 6.07) is 10.8. The van der Waals surface area contributed by atoms with Gasteiger partial charge >= 0.3 is 6.18 Å². The Labute approximate surface area is 188 Å². The molecule has 1 heterocycles. The molecule has 7 nitrogen and oxygen atoms in total. The molecule has 0 atom stereocenters. The summed E-state index contributed by atoms with van der Waals surface area (Å²) in [6.45, 7) is 6.31. The predicted octanol–water partition coefficient (Wildman–Crippen LogP) is 5.54. The largest absolute Gasteiger partial charge is 0.490 e. The van der Waals surface area contributed by atoms with Crippen molar-refractivity contribution in [1.82, 2.24) is 10.2 Å². The number of ether oxygens (including phenoxy) is 3. The van der Waals surface area contributed by atoms with Gasteiger partial charge in [-0.1, -0.05) is 30.3 Å². The zero-order chi connectivity index (χ0) is 24.0. The number of H-pyrrole nitrogens is 1. The van der Waals surface area contributed by atoms with Crippen molar-refractivity contribution in [2.45, 2.75) is 26.9 Å². The molecule has 176 valence electrons. The van der Waals surface area contributed by atoms with Gasteiger partial charge in [0, 0.05) is 5.56 Å². The maximum atomic E-state index is 13.6. The molecular formula is C23H24F3N3O4. The van der Waals surface area contributed by atoms with E-state index >= 15 is 0 Å². The first-order valence-corrected chi connectivity index (χ1v) is 10.4. The Balaban J connectivity index is 2.03. The number of rotatable bonds is 9. The number of hydrogen-bond donors (Lipinski definition) is 2. The van der Waals surface area contributed by atoms with Crippen LogP contribution in [0, 0.1) is 0 Å². The lowest BCUT2D eigenvalue weighted by Crippen LogP contribution is -2.14. The van der Waals surface area contributed by atoms with E-state index in [9.17, 15) is 18.0 Å². The molecule has 1 amide bonds. The topological polar surface area (TPSA) is 85.5 Å². The molecule has 0 saturated carbocycles. The third-order valence-electron chi connectivity index (χ3n) is 4.52. The molecule has 0 fully saturated rings. The Hall–Kier alpha value is -3.69. The number of hydrogen-bond acceptors (Lipinski definition) is 5. The van der Waals surface area contributed by atoms with E-state index in [4.69, 9.17) is 14.2 Å². The molecule has 33 heavy (non-hydrogen) atoms. The van der Waals surface area contributed by atoms with Gasteiger partial charge in [-0.2, -0.15) is 18.3 Å². The lowest BCUT2D eigenvalue weighted by molar-refractivity contribution is -0.140. The molecule has 0 saturated heterocycles. The summed E-state index contributed by atoms with van der Waals surface area (Å²) in [5.74, 6) is -0.00368. The summed E-state index contributed by atoms with van der Waals surface area (Å²) in [5.41, 5.74) is -0.940. The molecule has 2 N–H and O–H groups in total. The van der Waals surface area contributed by atoms with Crippen molar-refractivity contribution in [2.24, 2.45) is 0 Å². The zero-order valence-electron chi connectivity index (χ0n) is 18.4. The fraction of sp³-hybridized carbons (Fsp3) is 0.304. The number of alkyl halides is 3. The molecule has 0 bridgehead atoms. The Morgan fingerprint density at radius 1 is 0.970 bits per heavy atom. The van der Waals surface area contributed by atoms with Gasteiger partial charge in [-0.05, 0) is 38.5 Å². The number of benzene rings is 2. The first kappa shape index (κ1) is 24.0. The van der Waals surface area contributed by atoms with Crippen molar-refractivity contribution in [3.63, 3.8) is 0 Å². The highest BCUT2D eigenvalue weighted by molar-refractivity contribution is 6.06. The van der Waals surface area contributed by atoms with Gasteiger partial charge in [-0.3, -0.25) is 9.89 Å². The molecule has 0 aliphatic rings. The predicted molar refractivity (Wildman–Crippen MR) is 117 cm³/mol. The van der Waals surface area contributed by atoms with E-state index in [1.165, 1.54) is 24.3 Å². The van der Waals surface area contributed by atoms with E-state index in [0.29, 0.717) is 25.6 Å². The quantitative estimate of drug-likeness (QED) is 0.435. The molecule has 0 radical (unpaired) electrons. The van der Waals surface area contributed by atoms with Gasteiger partial charge in [0.1, 0.15) is 5.69 Å². The molecule has 10 heteroatoms. The second-order valence-corrected chi connectivity index (χ2v) is 6.74. The average Bonchev–Trinajstić information content (AvgIpc) is 3.20. The molecule has 0 aliphatic heterocycles. The fourth-order valence-corrected chi connectivity index (χ4v) is 3.22. The number of aromatic amines is 1. The van der Waals surface area contributed by atoms with Crippen LogP contribution in [0.5, 0.6) is 17.2 Å². The standard InChI is InChI=1S/C23H24F3N3O4/c1-4-31-16-12-15(13-17(32-5-2)19(16)33-6-3)22(30)27-21-18(14-10-8-7-9-11-14)20(28-29-21)23(24,25)26/h7-13H,4-6H2,1-3H3,(H2,27,28,29,30). The molecule has 1 aromatic heterocycles. The van der Waals surface area contributed by atoms with E-state index in [1.807, 2.05) is 5.10 Å². The Morgan fingerprint density at radius 3 is 2.06 bits per heavy atom. The van der Waals surface area contributed by atoms with Gasteiger partial charge in [0.05, 0.1) is 25.4 Å². The summed E-state index contributed by atoms with van der Waals surface area (Å²) in [6.07, 6.45) is -4.69. The number of carbonyl (C=O) groups is 1. The molecule has 0 aliphatic carbocycles. The third kappa shape index (κ3) is 5.39. The third-order valence-corrected chi connectivity index (χ3v) is 4.52. The van der Waals surface area contributed by atoms with Crippen LogP contribution in [0.15, 0.2) is 42.5 Å². The van der Waals surface area contributed by atoms with Crippen molar-refractivity contribution < 1.29 is 32.2 Å². The van der Waals surface area contributed by atoms with Gasteiger partial charge in [0.2, 0.25) is 5.75 Å². The summed E-state index contributed by atoms with van der Waals surface area (Å²) in [5, 5.41) is 8.20. The minimum atomic E-state index is -4.69. The van der Waals surface area contributed by atoms with E-state index in [0.717, 1.165) is 0 Å². The van der Waals surface area contributed by atoms with Crippen molar-refractivity contribution in [2.75, 3.05) is 25.1 Å². The van der Waals surface area contributed by atoms with Crippen LogP contribution in [0.1, 0.15) is 36.8 Å². The van der Waals surface area contributed by atoms with Crippen LogP contribution in [0.3, 0.4) is 0 Å². The van der Waals surface area contributed by atoms with Crippen LogP contribution < -0.4 is 19.5 Å². The normalized spacial score (nSPS) is 11.2. The number of amides is 1. The average molecular weight is 463 g/mol. The molecule has 0 spiro atoms. The van der Waals surface area contributed by atoms with Crippen molar-refractivity contribution in [3.05, 3.63) is 53.7 Å². The van der Waals surface area contributed by atoms with Gasteiger partial charge in [0.15, 0.2) is 17.3 Å². The van der Waals surface area contributed by atoms with Crippen molar-refractivity contribution >= 4 is 11.7 Å². The minimum Gasteiger partial charge on any atom is -0.490 e. The number of anilines is 1. The Morgan fingerprint density at radius 2 is 1.55 bits per heavy atom. The lowest BCUT2D eigenvalue weighted by Gasteiger charge is -2.17. The minimum absolute atomic E-state index is 0.112. The van der Waals surface area contributed by atoms with Crippen molar-refractivity contribution in [3.8, 4) is 28.4 Å². The molecule has 0 unspecified atom stereocenters. The second-order valence-electron chi connectivity index (χ2n) is 6.74. The van der Waals surface area contributed by atoms with E-state index < -0.39 is 17.8 Å². The molecule has 3 rings (SSSR count). The van der Waals surface area contributed by atoms with Gasteiger partial charge < -0.3 is 19.5 Å². The maximum Gasteiger partial charge on any atom is 0.433 e. The van der Waals surface area contributed by atoms with Crippen LogP contribution in [0.25, 0.3) is 11.1 Å². The molecule has 2 aromatic carbocycles. The SMILES string of the molecule is CCOc1cc(C(=O)Nc2n[nH]c(C(F)(F)F)c2-c2ccccc2)cc(OCC)c1OCC. The van der Waals surface area contributed by atoms with Gasteiger partial charge in [-0.15, -0.1) is 0 Å². The monoisotopic (exact) mass is 463 g/mol. The summed E-state index contributed by atoms with van der Waals surface area (Å²) < 4.78 is 57.5. The van der Waals surface area contributed by atoms with E-state index in [-0.39, 0.29) is 34.0 Å². The van der Waals surface area contributed by atoms with Crippen LogP contribution >= 0.6 is 0 Å². The number of nitrogens with one attached hydrogen (secondary N) is 2. The smallest absolute Gasteiger partial charge is 0.433 e. The van der Waals surface area contributed by atoms with Crippen LogP contribution in [-0.4, -0.2) is 35.9 Å². The maximum absolute atomic E-state index is 13.6. The molecular weight excluding hydrogens is 439 g/mol. The number of halogens is 3.